The molecule has 0 saturated carbocycles. The molecule has 1 N–H and O–H groups in total. The number of anilines is 2. The molecular formula is C23H29N9O. The normalized spacial score (nSPS) is 14.6. The Morgan fingerprint density at radius 3 is 2.73 bits per heavy atom. The van der Waals surface area contributed by atoms with Gasteiger partial charge in [0.05, 0.1) is 17.9 Å². The van der Waals surface area contributed by atoms with E-state index in [0.29, 0.717) is 29.3 Å². The molecule has 10 heteroatoms. The van der Waals surface area contributed by atoms with E-state index in [0.717, 1.165) is 36.7 Å². The molecule has 1 aliphatic heterocycles. The Balaban J connectivity index is 1.59. The summed E-state index contributed by atoms with van der Waals surface area (Å²) in [6, 6.07) is 5.93. The Labute approximate surface area is 191 Å². The predicted octanol–water partition coefficient (Wildman–Crippen LogP) is 2.68. The third-order valence-electron chi connectivity index (χ3n) is 5.96. The topological polar surface area (TPSA) is 98.7 Å². The second kappa shape index (κ2) is 7.80. The van der Waals surface area contributed by atoms with Gasteiger partial charge in [-0.2, -0.15) is 10.1 Å². The van der Waals surface area contributed by atoms with E-state index in [1.807, 2.05) is 34.5 Å². The van der Waals surface area contributed by atoms with Gasteiger partial charge in [-0.1, -0.05) is 20.8 Å². The summed E-state index contributed by atoms with van der Waals surface area (Å²) in [6.45, 7) is 11.5. The molecule has 0 unspecified atom stereocenters. The third kappa shape index (κ3) is 3.80. The average Bonchev–Trinajstić information content (AvgIpc) is 3.30. The van der Waals surface area contributed by atoms with E-state index in [2.05, 4.69) is 53.1 Å². The summed E-state index contributed by atoms with van der Waals surface area (Å²) in [4.78, 5) is 29.0. The van der Waals surface area contributed by atoms with Crippen LogP contribution < -0.4 is 10.9 Å². The van der Waals surface area contributed by atoms with Crippen molar-refractivity contribution in [3.63, 3.8) is 0 Å². The third-order valence-corrected chi connectivity index (χ3v) is 5.96. The van der Waals surface area contributed by atoms with Crippen LogP contribution in [0, 0.1) is 0 Å². The van der Waals surface area contributed by atoms with Crippen LogP contribution in [0.25, 0.3) is 16.7 Å². The summed E-state index contributed by atoms with van der Waals surface area (Å²) in [5.74, 6) is 1.10. The number of likely N-dealkylation sites (N-methyl/N-ethyl adjacent to an activating group) is 1. The van der Waals surface area contributed by atoms with Crippen LogP contribution in [-0.4, -0.2) is 52.6 Å². The van der Waals surface area contributed by atoms with Crippen LogP contribution in [0.2, 0.25) is 0 Å². The lowest BCUT2D eigenvalue weighted by molar-refractivity contribution is 0.259. The molecule has 0 amide bonds. The van der Waals surface area contributed by atoms with Crippen LogP contribution in [0.1, 0.15) is 39.1 Å². The van der Waals surface area contributed by atoms with Crippen molar-refractivity contribution < 1.29 is 0 Å². The number of hydrogen-bond donors (Lipinski definition) is 1. The minimum Gasteiger partial charge on any atom is -0.307 e. The Hall–Kier alpha value is -3.53. The van der Waals surface area contributed by atoms with Gasteiger partial charge in [-0.15, -0.1) is 0 Å². The van der Waals surface area contributed by atoms with Crippen molar-refractivity contribution in [3.8, 4) is 5.69 Å². The lowest BCUT2D eigenvalue weighted by Gasteiger charge is -2.22. The van der Waals surface area contributed by atoms with E-state index in [4.69, 9.17) is 4.98 Å². The number of nitrogens with zero attached hydrogens (tertiary/aromatic N) is 8. The van der Waals surface area contributed by atoms with Gasteiger partial charge in [0.2, 0.25) is 5.95 Å². The van der Waals surface area contributed by atoms with Crippen LogP contribution in [0.5, 0.6) is 0 Å². The highest BCUT2D eigenvalue weighted by Gasteiger charge is 2.21. The summed E-state index contributed by atoms with van der Waals surface area (Å²) >= 11 is 0. The SMILES string of the molecule is CCn1c(=O)c2cnc(Nc3cc4n(n3)CCN(C)C4)nc2n1-c1ccnc(C(C)(C)C)c1. The maximum atomic E-state index is 13.1. The van der Waals surface area contributed by atoms with Crippen molar-refractivity contribution in [2.24, 2.45) is 0 Å². The number of aromatic nitrogens is 7. The van der Waals surface area contributed by atoms with E-state index in [1.165, 1.54) is 0 Å². The Bertz CT molecular complexity index is 1390. The molecule has 0 atom stereocenters. The molecule has 0 aromatic carbocycles. The van der Waals surface area contributed by atoms with Crippen molar-refractivity contribution in [3.05, 3.63) is 52.3 Å². The zero-order valence-corrected chi connectivity index (χ0v) is 19.7. The first-order chi connectivity index (χ1) is 15.7. The molecule has 0 aliphatic carbocycles. The van der Waals surface area contributed by atoms with Gasteiger partial charge in [0.15, 0.2) is 11.5 Å². The molecule has 5 rings (SSSR count). The Kier molecular flexibility index (Phi) is 5.04. The standard InChI is InChI=1S/C23H29N9O/c1-6-31-21(33)17-13-25-22(26-19-12-16-14-29(5)9-10-30(16)28-19)27-20(17)32(31)15-7-8-24-18(11-15)23(2,3)4/h7-8,11-13H,6,9-10,14H2,1-5H3,(H,25,26,27,28). The minimum atomic E-state index is -0.119. The van der Waals surface area contributed by atoms with Gasteiger partial charge in [-0.3, -0.25) is 19.4 Å². The van der Waals surface area contributed by atoms with Crippen LogP contribution >= 0.6 is 0 Å². The summed E-state index contributed by atoms with van der Waals surface area (Å²) in [7, 11) is 2.10. The van der Waals surface area contributed by atoms with Crippen LogP contribution in [0.3, 0.4) is 0 Å². The molecule has 5 heterocycles. The van der Waals surface area contributed by atoms with E-state index in [-0.39, 0.29) is 11.0 Å². The van der Waals surface area contributed by atoms with Gasteiger partial charge >= 0.3 is 0 Å². The molecule has 0 fully saturated rings. The van der Waals surface area contributed by atoms with Crippen LogP contribution in [-0.2, 0) is 25.0 Å². The monoisotopic (exact) mass is 447 g/mol. The molecule has 4 aromatic heterocycles. The lowest BCUT2D eigenvalue weighted by atomic mass is 9.91. The summed E-state index contributed by atoms with van der Waals surface area (Å²) in [6.07, 6.45) is 3.37. The molecule has 0 saturated heterocycles. The number of hydrogen-bond acceptors (Lipinski definition) is 7. The zero-order valence-electron chi connectivity index (χ0n) is 19.7. The summed E-state index contributed by atoms with van der Waals surface area (Å²) in [5.41, 5.74) is 3.24. The van der Waals surface area contributed by atoms with Gasteiger partial charge in [0, 0.05) is 49.2 Å². The van der Waals surface area contributed by atoms with E-state index >= 15 is 0 Å². The Morgan fingerprint density at radius 2 is 1.97 bits per heavy atom. The fourth-order valence-electron chi connectivity index (χ4n) is 4.17. The molecule has 4 aromatic rings. The maximum absolute atomic E-state index is 13.1. The summed E-state index contributed by atoms with van der Waals surface area (Å²) in [5, 5.41) is 8.33. The van der Waals surface area contributed by atoms with Gasteiger partial charge in [-0.25, -0.2) is 14.3 Å². The first-order valence-electron chi connectivity index (χ1n) is 11.2. The van der Waals surface area contributed by atoms with Crippen LogP contribution in [0.15, 0.2) is 35.4 Å². The number of fused-ring (bicyclic) bond motifs is 2. The summed E-state index contributed by atoms with van der Waals surface area (Å²) < 4.78 is 5.54. The van der Waals surface area contributed by atoms with Gasteiger partial charge in [0.1, 0.15) is 5.39 Å². The first kappa shape index (κ1) is 21.3. The molecular weight excluding hydrogens is 418 g/mol. The van der Waals surface area contributed by atoms with Crippen molar-refractivity contribution in [1.29, 1.82) is 0 Å². The van der Waals surface area contributed by atoms with E-state index in [1.54, 1.807) is 17.1 Å². The zero-order chi connectivity index (χ0) is 23.3. The van der Waals surface area contributed by atoms with Crippen molar-refractivity contribution in [2.45, 2.75) is 52.7 Å². The van der Waals surface area contributed by atoms with Gasteiger partial charge in [0.25, 0.3) is 5.56 Å². The predicted molar refractivity (Wildman–Crippen MR) is 127 cm³/mol. The van der Waals surface area contributed by atoms with E-state index in [9.17, 15) is 4.79 Å². The minimum absolute atomic E-state index is 0.117. The smallest absolute Gasteiger partial charge is 0.278 e. The number of rotatable bonds is 4. The highest BCUT2D eigenvalue weighted by atomic mass is 16.1. The van der Waals surface area contributed by atoms with Crippen molar-refractivity contribution >= 4 is 22.8 Å². The second-order valence-electron chi connectivity index (χ2n) is 9.52. The number of pyridine rings is 1. The molecule has 0 radical (unpaired) electrons. The fourth-order valence-corrected chi connectivity index (χ4v) is 4.17. The van der Waals surface area contributed by atoms with E-state index < -0.39 is 0 Å². The number of nitrogens with one attached hydrogen (secondary N) is 1. The van der Waals surface area contributed by atoms with Crippen molar-refractivity contribution in [1.82, 2.24) is 39.0 Å². The van der Waals surface area contributed by atoms with Crippen molar-refractivity contribution in [2.75, 3.05) is 18.9 Å². The molecule has 10 nitrogen and oxygen atoms in total. The molecule has 33 heavy (non-hydrogen) atoms. The highest BCUT2D eigenvalue weighted by molar-refractivity contribution is 5.77. The first-order valence-corrected chi connectivity index (χ1v) is 11.2. The molecule has 1 aliphatic rings. The second-order valence-corrected chi connectivity index (χ2v) is 9.52. The van der Waals surface area contributed by atoms with Gasteiger partial charge < -0.3 is 5.32 Å². The van der Waals surface area contributed by atoms with Gasteiger partial charge in [-0.05, 0) is 26.1 Å². The molecule has 0 spiro atoms. The molecule has 0 bridgehead atoms. The largest absolute Gasteiger partial charge is 0.307 e. The molecule has 172 valence electrons. The highest BCUT2D eigenvalue weighted by Crippen LogP contribution is 2.24. The fraction of sp³-hybridized carbons (Fsp3) is 0.435. The maximum Gasteiger partial charge on any atom is 0.278 e. The quantitative estimate of drug-likeness (QED) is 0.513. The Morgan fingerprint density at radius 1 is 1.15 bits per heavy atom. The average molecular weight is 448 g/mol. The van der Waals surface area contributed by atoms with Crippen LogP contribution in [0.4, 0.5) is 11.8 Å². The lowest BCUT2D eigenvalue weighted by Crippen LogP contribution is -2.30.